The minimum Gasteiger partial charge on any atom is -0.299 e. The van der Waals surface area contributed by atoms with E-state index >= 15 is 0 Å². The van der Waals surface area contributed by atoms with Crippen molar-refractivity contribution in [3.05, 3.63) is 60.7 Å². The summed E-state index contributed by atoms with van der Waals surface area (Å²) in [5.74, 6) is 0.201. The summed E-state index contributed by atoms with van der Waals surface area (Å²) in [4.78, 5) is 11.8. The van der Waals surface area contributed by atoms with Crippen molar-refractivity contribution in [3.63, 3.8) is 0 Å². The zero-order valence-electron chi connectivity index (χ0n) is 9.57. The molecule has 1 heteroatoms. The first kappa shape index (κ1) is 10.9. The van der Waals surface area contributed by atoms with Crippen LogP contribution in [0.4, 0.5) is 0 Å². The molecule has 0 spiro atoms. The highest BCUT2D eigenvalue weighted by atomic mass is 16.1. The molecule has 1 atom stereocenters. The highest BCUT2D eigenvalue weighted by Gasteiger charge is 2.49. The zero-order chi connectivity index (χ0) is 11.8. The van der Waals surface area contributed by atoms with E-state index in [4.69, 9.17) is 0 Å². The molecule has 0 aliphatic heterocycles. The molecule has 0 radical (unpaired) electrons. The van der Waals surface area contributed by atoms with Crippen LogP contribution in [-0.2, 0) is 4.79 Å². The van der Waals surface area contributed by atoms with Crippen molar-refractivity contribution in [1.82, 2.24) is 0 Å². The average Bonchev–Trinajstić information content (AvgIpc) is 2.28. The fraction of sp³-hybridized carbons (Fsp3) is 0.267. The Morgan fingerprint density at radius 1 is 1.25 bits per heavy atom. The molecular formula is C15H16O. The predicted octanol–water partition coefficient (Wildman–Crippen LogP) is 3.41. The molecular weight excluding hydrogens is 196 g/mol. The predicted molar refractivity (Wildman–Crippen MR) is 66.4 cm³/mol. The number of ketones is 1. The molecule has 1 aliphatic carbocycles. The fourth-order valence-electron chi connectivity index (χ4n) is 2.39. The van der Waals surface area contributed by atoms with E-state index in [0.717, 1.165) is 5.56 Å². The van der Waals surface area contributed by atoms with E-state index < -0.39 is 0 Å². The van der Waals surface area contributed by atoms with Gasteiger partial charge in [-0.05, 0) is 12.5 Å². The lowest BCUT2D eigenvalue weighted by molar-refractivity contribution is -0.131. The van der Waals surface area contributed by atoms with Crippen molar-refractivity contribution in [1.29, 1.82) is 0 Å². The summed E-state index contributed by atoms with van der Waals surface area (Å²) < 4.78 is 0. The summed E-state index contributed by atoms with van der Waals surface area (Å²) >= 11 is 0. The van der Waals surface area contributed by atoms with Gasteiger partial charge in [0.15, 0.2) is 0 Å². The Balaban J connectivity index is 2.39. The van der Waals surface area contributed by atoms with Gasteiger partial charge in [-0.25, -0.2) is 0 Å². The van der Waals surface area contributed by atoms with Gasteiger partial charge >= 0.3 is 0 Å². The number of aryl methyl sites for hydroxylation is 1. The maximum absolute atomic E-state index is 11.8. The van der Waals surface area contributed by atoms with E-state index in [1.54, 1.807) is 0 Å². The van der Waals surface area contributed by atoms with Gasteiger partial charge in [-0.3, -0.25) is 4.79 Å². The molecule has 0 N–H and O–H groups in total. The summed E-state index contributed by atoms with van der Waals surface area (Å²) in [6.07, 6.45) is 4.25. The summed E-state index contributed by atoms with van der Waals surface area (Å²) in [7, 11) is 0. The van der Waals surface area contributed by atoms with Crippen LogP contribution in [0.25, 0.3) is 0 Å². The van der Waals surface area contributed by atoms with E-state index in [9.17, 15) is 4.79 Å². The Morgan fingerprint density at radius 2 is 1.81 bits per heavy atom. The summed E-state index contributed by atoms with van der Waals surface area (Å²) in [6, 6.07) is 8.13. The van der Waals surface area contributed by atoms with E-state index in [0.29, 0.717) is 6.42 Å². The van der Waals surface area contributed by atoms with E-state index in [-0.39, 0.29) is 17.1 Å². The first-order chi connectivity index (χ1) is 7.63. The van der Waals surface area contributed by atoms with Gasteiger partial charge in [-0.1, -0.05) is 42.0 Å². The Hall–Kier alpha value is -1.63. The Labute approximate surface area is 96.5 Å². The third-order valence-corrected chi connectivity index (χ3v) is 3.51. The first-order valence-electron chi connectivity index (χ1n) is 5.49. The van der Waals surface area contributed by atoms with Crippen LogP contribution in [0, 0.1) is 12.3 Å². The number of hydrogen-bond acceptors (Lipinski definition) is 1. The standard InChI is InChI=1S/C15H16O/c1-4-15(5-2)10-13(16)14(15)12-8-6-11(3)7-9-12/h4-9,14H,1-2,10H2,3H3. The molecule has 82 valence electrons. The third-order valence-electron chi connectivity index (χ3n) is 3.51. The van der Waals surface area contributed by atoms with Crippen LogP contribution in [0.1, 0.15) is 23.5 Å². The normalized spacial score (nSPS) is 22.3. The van der Waals surface area contributed by atoms with Crippen LogP contribution in [0.2, 0.25) is 0 Å². The van der Waals surface area contributed by atoms with Gasteiger partial charge in [-0.2, -0.15) is 0 Å². The topological polar surface area (TPSA) is 17.1 Å². The molecule has 1 fully saturated rings. The summed E-state index contributed by atoms with van der Waals surface area (Å²) in [5.41, 5.74) is 2.05. The highest BCUT2D eigenvalue weighted by Crippen LogP contribution is 2.51. The molecule has 0 aromatic heterocycles. The SMILES string of the molecule is C=CC1(C=C)CC(=O)C1c1ccc(C)cc1. The second-order valence-corrected chi connectivity index (χ2v) is 4.51. The Bertz CT molecular complexity index is 431. The van der Waals surface area contributed by atoms with Crippen LogP contribution in [-0.4, -0.2) is 5.78 Å². The molecule has 1 saturated carbocycles. The number of Topliss-reactive ketones (excluding diaryl/α,β-unsaturated/α-hetero) is 1. The molecule has 1 aromatic carbocycles. The van der Waals surface area contributed by atoms with Crippen molar-refractivity contribution in [3.8, 4) is 0 Å². The Kier molecular flexibility index (Phi) is 2.55. The van der Waals surface area contributed by atoms with Crippen LogP contribution < -0.4 is 0 Å². The quantitative estimate of drug-likeness (QED) is 0.702. The van der Waals surface area contributed by atoms with Crippen molar-refractivity contribution in [2.75, 3.05) is 0 Å². The van der Waals surface area contributed by atoms with Crippen molar-refractivity contribution < 1.29 is 4.79 Å². The molecule has 1 aliphatic rings. The maximum Gasteiger partial charge on any atom is 0.142 e. The lowest BCUT2D eigenvalue weighted by atomic mass is 9.57. The molecule has 1 nitrogen and oxygen atoms in total. The van der Waals surface area contributed by atoms with Gasteiger partial charge < -0.3 is 0 Å². The number of benzene rings is 1. The summed E-state index contributed by atoms with van der Waals surface area (Å²) in [5, 5.41) is 0. The molecule has 0 amide bonds. The second-order valence-electron chi connectivity index (χ2n) is 4.51. The Morgan fingerprint density at radius 3 is 2.25 bits per heavy atom. The van der Waals surface area contributed by atoms with Gasteiger partial charge in [0.05, 0.1) is 5.92 Å². The monoisotopic (exact) mass is 212 g/mol. The van der Waals surface area contributed by atoms with Crippen LogP contribution in [0.15, 0.2) is 49.6 Å². The van der Waals surface area contributed by atoms with Gasteiger partial charge in [0.1, 0.15) is 5.78 Å². The lowest BCUT2D eigenvalue weighted by Gasteiger charge is -2.44. The van der Waals surface area contributed by atoms with Crippen LogP contribution in [0.5, 0.6) is 0 Å². The lowest BCUT2D eigenvalue weighted by Crippen LogP contribution is -2.43. The first-order valence-corrected chi connectivity index (χ1v) is 5.49. The highest BCUT2D eigenvalue weighted by molar-refractivity contribution is 5.95. The molecule has 2 rings (SSSR count). The van der Waals surface area contributed by atoms with E-state index in [1.807, 2.05) is 43.3 Å². The second kappa shape index (κ2) is 3.75. The summed E-state index contributed by atoms with van der Waals surface area (Å²) in [6.45, 7) is 9.70. The van der Waals surface area contributed by atoms with Crippen molar-refractivity contribution in [2.45, 2.75) is 19.3 Å². The van der Waals surface area contributed by atoms with Gasteiger partial charge in [0.2, 0.25) is 0 Å². The van der Waals surface area contributed by atoms with Crippen molar-refractivity contribution in [2.24, 2.45) is 5.41 Å². The zero-order valence-corrected chi connectivity index (χ0v) is 9.57. The van der Waals surface area contributed by atoms with E-state index in [1.165, 1.54) is 5.56 Å². The number of hydrogen-bond donors (Lipinski definition) is 0. The number of carbonyl (C=O) groups excluding carboxylic acids is 1. The van der Waals surface area contributed by atoms with Crippen molar-refractivity contribution >= 4 is 5.78 Å². The third kappa shape index (κ3) is 1.44. The molecule has 1 aromatic rings. The molecule has 1 unspecified atom stereocenters. The van der Waals surface area contributed by atoms with Gasteiger partial charge in [0.25, 0.3) is 0 Å². The largest absolute Gasteiger partial charge is 0.299 e. The van der Waals surface area contributed by atoms with Crippen LogP contribution in [0.3, 0.4) is 0 Å². The van der Waals surface area contributed by atoms with Gasteiger partial charge in [0, 0.05) is 11.8 Å². The number of allylic oxidation sites excluding steroid dienone is 2. The average molecular weight is 212 g/mol. The van der Waals surface area contributed by atoms with E-state index in [2.05, 4.69) is 13.2 Å². The molecule has 16 heavy (non-hydrogen) atoms. The fourth-order valence-corrected chi connectivity index (χ4v) is 2.39. The minimum atomic E-state index is -0.230. The number of rotatable bonds is 3. The molecule has 0 bridgehead atoms. The number of carbonyl (C=O) groups is 1. The minimum absolute atomic E-state index is 0.0805. The molecule has 0 heterocycles. The smallest absolute Gasteiger partial charge is 0.142 e. The molecule has 0 saturated heterocycles. The van der Waals surface area contributed by atoms with Crippen LogP contribution >= 0.6 is 0 Å². The maximum atomic E-state index is 11.8. The van der Waals surface area contributed by atoms with Gasteiger partial charge in [-0.15, -0.1) is 13.2 Å².